The third-order valence-electron chi connectivity index (χ3n) is 6.37. The molecular weight excluding hydrogens is 434 g/mol. The van der Waals surface area contributed by atoms with Crippen LogP contribution in [0.15, 0.2) is 44.3 Å². The number of nitrogens with one attached hydrogen (secondary N) is 2. The standard InChI is InChI=1S/C23H18ClN3O5/c24-13-9-10(5-7-14(13)28)16-17-22(27(26-23(17)31)11-3-1-2-4-11)25-18-12-6-8-15(29)19(30)20(12)32-21(16)18/h5-9,11,25,28,30H,1-4H2,(H,26,31). The highest BCUT2D eigenvalue weighted by molar-refractivity contribution is 6.32. The van der Waals surface area contributed by atoms with Gasteiger partial charge in [0.15, 0.2) is 11.2 Å². The fourth-order valence-electron chi connectivity index (χ4n) is 4.84. The SMILES string of the molecule is O=c1ccc2c(oc3c(-c4ccc(O)c(Cl)c4)c4c(=O)[nH]n(C5CCCC5)c4[nH]c32)c1O. The van der Waals surface area contributed by atoms with Gasteiger partial charge in [-0.15, -0.1) is 0 Å². The fourth-order valence-corrected chi connectivity index (χ4v) is 5.02. The van der Waals surface area contributed by atoms with Crippen LogP contribution in [0.2, 0.25) is 5.02 Å². The molecule has 0 atom stereocenters. The van der Waals surface area contributed by atoms with Crippen LogP contribution in [0.5, 0.6) is 11.5 Å². The Morgan fingerprint density at radius 1 is 1.06 bits per heavy atom. The van der Waals surface area contributed by atoms with Crippen LogP contribution < -0.4 is 11.0 Å². The Morgan fingerprint density at radius 3 is 2.59 bits per heavy atom. The third-order valence-corrected chi connectivity index (χ3v) is 6.67. The summed E-state index contributed by atoms with van der Waals surface area (Å²) in [5.74, 6) is -0.569. The van der Waals surface area contributed by atoms with Gasteiger partial charge in [-0.05, 0) is 42.7 Å². The molecule has 3 heterocycles. The number of aromatic nitrogens is 3. The lowest BCUT2D eigenvalue weighted by Crippen LogP contribution is -2.10. The summed E-state index contributed by atoms with van der Waals surface area (Å²) >= 11 is 6.18. The predicted molar refractivity (Wildman–Crippen MR) is 122 cm³/mol. The van der Waals surface area contributed by atoms with Crippen molar-refractivity contribution in [1.29, 1.82) is 0 Å². The first-order valence-electron chi connectivity index (χ1n) is 10.4. The molecule has 162 valence electrons. The number of aromatic hydroxyl groups is 2. The number of hydrogen-bond acceptors (Lipinski definition) is 5. The molecule has 0 radical (unpaired) electrons. The van der Waals surface area contributed by atoms with E-state index in [2.05, 4.69) is 10.1 Å². The number of rotatable bonds is 2. The molecule has 0 bridgehead atoms. The number of furan rings is 1. The zero-order chi connectivity index (χ0) is 22.1. The molecule has 9 heteroatoms. The van der Waals surface area contributed by atoms with E-state index in [1.54, 1.807) is 18.2 Å². The van der Waals surface area contributed by atoms with Gasteiger partial charge in [0.1, 0.15) is 11.4 Å². The second kappa shape index (κ2) is 6.67. The van der Waals surface area contributed by atoms with Crippen molar-refractivity contribution in [3.63, 3.8) is 0 Å². The number of phenolic OH excluding ortho intramolecular Hbond substituents is 2. The number of halogens is 1. The maximum absolute atomic E-state index is 13.2. The van der Waals surface area contributed by atoms with Crippen LogP contribution in [0.25, 0.3) is 44.2 Å². The number of phenols is 2. The van der Waals surface area contributed by atoms with Crippen molar-refractivity contribution in [2.45, 2.75) is 31.7 Å². The molecule has 0 amide bonds. The molecule has 0 spiro atoms. The number of nitrogens with zero attached hydrogens (tertiary/aromatic N) is 1. The molecule has 0 aliphatic heterocycles. The van der Waals surface area contributed by atoms with Gasteiger partial charge in [0.05, 0.1) is 22.0 Å². The van der Waals surface area contributed by atoms with Crippen LogP contribution in [-0.4, -0.2) is 25.0 Å². The summed E-state index contributed by atoms with van der Waals surface area (Å²) in [6, 6.07) is 7.68. The number of benzene rings is 2. The Kier molecular flexibility index (Phi) is 3.98. The largest absolute Gasteiger partial charge is 0.506 e. The first-order chi connectivity index (χ1) is 15.4. The predicted octanol–water partition coefficient (Wildman–Crippen LogP) is 4.76. The van der Waals surface area contributed by atoms with Gasteiger partial charge < -0.3 is 19.6 Å². The van der Waals surface area contributed by atoms with Crippen LogP contribution >= 0.6 is 11.6 Å². The van der Waals surface area contributed by atoms with Gasteiger partial charge >= 0.3 is 0 Å². The summed E-state index contributed by atoms with van der Waals surface area (Å²) in [6.45, 7) is 0. The summed E-state index contributed by atoms with van der Waals surface area (Å²) < 4.78 is 7.84. The number of pyridine rings is 1. The van der Waals surface area contributed by atoms with Crippen LogP contribution in [0.1, 0.15) is 31.7 Å². The van der Waals surface area contributed by atoms with E-state index >= 15 is 0 Å². The lowest BCUT2D eigenvalue weighted by Gasteiger charge is -2.13. The number of fused-ring (bicyclic) bond motifs is 4. The molecule has 0 saturated heterocycles. The van der Waals surface area contributed by atoms with Gasteiger partial charge in [0.25, 0.3) is 5.56 Å². The van der Waals surface area contributed by atoms with Crippen LogP contribution in [0.3, 0.4) is 0 Å². The Balaban J connectivity index is 1.82. The minimum absolute atomic E-state index is 0.0476. The number of aromatic amines is 2. The van der Waals surface area contributed by atoms with Gasteiger partial charge in [0.2, 0.25) is 11.2 Å². The number of hydrogen-bond donors (Lipinski definition) is 4. The van der Waals surface area contributed by atoms with Crippen LogP contribution in [-0.2, 0) is 0 Å². The van der Waals surface area contributed by atoms with E-state index in [0.29, 0.717) is 38.6 Å². The van der Waals surface area contributed by atoms with Gasteiger partial charge in [0, 0.05) is 10.9 Å². The Labute approximate surface area is 184 Å². The summed E-state index contributed by atoms with van der Waals surface area (Å²) in [6.07, 6.45) is 4.09. The van der Waals surface area contributed by atoms with Crippen LogP contribution in [0.4, 0.5) is 0 Å². The topological polar surface area (TPSA) is 124 Å². The van der Waals surface area contributed by atoms with Crippen molar-refractivity contribution in [2.75, 3.05) is 0 Å². The summed E-state index contributed by atoms with van der Waals surface area (Å²) in [7, 11) is 0. The van der Waals surface area contributed by atoms with Gasteiger partial charge in [-0.2, -0.15) is 0 Å². The summed E-state index contributed by atoms with van der Waals surface area (Å²) in [4.78, 5) is 28.5. The van der Waals surface area contributed by atoms with Crippen molar-refractivity contribution in [3.8, 4) is 22.6 Å². The van der Waals surface area contributed by atoms with E-state index in [1.807, 2.05) is 4.68 Å². The van der Waals surface area contributed by atoms with Crippen molar-refractivity contribution >= 4 is 44.7 Å². The minimum Gasteiger partial charge on any atom is -0.506 e. The molecule has 4 N–H and O–H groups in total. The highest BCUT2D eigenvalue weighted by Gasteiger charge is 2.26. The van der Waals surface area contributed by atoms with E-state index in [1.165, 1.54) is 12.1 Å². The van der Waals surface area contributed by atoms with Gasteiger partial charge in [-0.3, -0.25) is 19.4 Å². The average molecular weight is 452 g/mol. The van der Waals surface area contributed by atoms with E-state index in [-0.39, 0.29) is 28.0 Å². The van der Waals surface area contributed by atoms with Gasteiger partial charge in [-0.25, -0.2) is 0 Å². The molecular formula is C23H18ClN3O5. The second-order valence-electron chi connectivity index (χ2n) is 8.23. The molecule has 2 aromatic carbocycles. The normalized spacial score (nSPS) is 14.9. The molecule has 1 fully saturated rings. The first kappa shape index (κ1) is 19.1. The first-order valence-corrected chi connectivity index (χ1v) is 10.8. The molecule has 1 aliphatic carbocycles. The van der Waals surface area contributed by atoms with Crippen molar-refractivity contribution < 1.29 is 14.6 Å². The summed E-state index contributed by atoms with van der Waals surface area (Å²) in [5, 5.41) is 24.2. The van der Waals surface area contributed by atoms with E-state index in [9.17, 15) is 19.8 Å². The van der Waals surface area contributed by atoms with Crippen LogP contribution in [0, 0.1) is 0 Å². The highest BCUT2D eigenvalue weighted by Crippen LogP contribution is 2.42. The molecule has 6 rings (SSSR count). The molecule has 32 heavy (non-hydrogen) atoms. The molecule has 8 nitrogen and oxygen atoms in total. The quantitative estimate of drug-likeness (QED) is 0.308. The molecule has 0 unspecified atom stereocenters. The summed E-state index contributed by atoms with van der Waals surface area (Å²) in [5.41, 5.74) is 1.69. The number of H-pyrrole nitrogens is 2. The molecule has 1 aliphatic rings. The second-order valence-corrected chi connectivity index (χ2v) is 8.64. The molecule has 5 aromatic rings. The van der Waals surface area contributed by atoms with Crippen molar-refractivity contribution in [3.05, 3.63) is 55.9 Å². The fraction of sp³-hybridized carbons (Fsp3) is 0.217. The van der Waals surface area contributed by atoms with Crippen molar-refractivity contribution in [1.82, 2.24) is 14.8 Å². The lowest BCUT2D eigenvalue weighted by atomic mass is 10.0. The Hall–Kier alpha value is -3.65. The monoisotopic (exact) mass is 451 g/mol. The average Bonchev–Trinajstić information content (AvgIpc) is 3.50. The molecule has 3 aromatic heterocycles. The third kappa shape index (κ3) is 2.56. The van der Waals surface area contributed by atoms with Crippen molar-refractivity contribution in [2.24, 2.45) is 0 Å². The highest BCUT2D eigenvalue weighted by atomic mass is 35.5. The van der Waals surface area contributed by atoms with E-state index in [4.69, 9.17) is 16.0 Å². The van der Waals surface area contributed by atoms with E-state index < -0.39 is 11.2 Å². The Bertz CT molecular complexity index is 1670. The minimum atomic E-state index is -0.552. The van der Waals surface area contributed by atoms with Gasteiger partial charge in [-0.1, -0.05) is 30.5 Å². The van der Waals surface area contributed by atoms with E-state index in [0.717, 1.165) is 25.7 Å². The zero-order valence-electron chi connectivity index (χ0n) is 16.7. The molecule has 1 saturated carbocycles. The maximum atomic E-state index is 13.2. The smallest absolute Gasteiger partial charge is 0.274 e. The Morgan fingerprint density at radius 2 is 1.84 bits per heavy atom. The lowest BCUT2D eigenvalue weighted by molar-refractivity contribution is 0.464. The zero-order valence-corrected chi connectivity index (χ0v) is 17.5. The maximum Gasteiger partial charge on any atom is 0.274 e.